The molecule has 62 valence electrons. The number of carbonyl (C=O) groups is 1. The van der Waals surface area contributed by atoms with Gasteiger partial charge in [-0.25, -0.2) is 0 Å². The van der Waals surface area contributed by atoms with Crippen molar-refractivity contribution in [1.82, 2.24) is 5.32 Å². The Bertz CT molecular complexity index is 176. The largest absolute Gasteiger partial charge is 0.350 e. The Morgan fingerprint density at radius 3 is 2.45 bits per heavy atom. The van der Waals surface area contributed by atoms with Gasteiger partial charge in [0, 0.05) is 12.1 Å². The van der Waals surface area contributed by atoms with Crippen LogP contribution in [0.25, 0.3) is 0 Å². The molecule has 1 amide bonds. The third kappa shape index (κ3) is 2.74. The normalized spacial score (nSPS) is 16.9. The van der Waals surface area contributed by atoms with Gasteiger partial charge in [-0.15, -0.1) is 0 Å². The van der Waals surface area contributed by atoms with Crippen LogP contribution in [0.1, 0.15) is 33.1 Å². The van der Waals surface area contributed by atoms with Gasteiger partial charge in [-0.05, 0) is 33.1 Å². The molecule has 0 unspecified atom stereocenters. The molecule has 1 fully saturated rings. The van der Waals surface area contributed by atoms with E-state index >= 15 is 0 Å². The summed E-state index contributed by atoms with van der Waals surface area (Å²) < 4.78 is 0. The quantitative estimate of drug-likeness (QED) is 0.600. The highest BCUT2D eigenvalue weighted by Crippen LogP contribution is 2.17. The van der Waals surface area contributed by atoms with Gasteiger partial charge in [-0.2, -0.15) is 0 Å². The van der Waals surface area contributed by atoms with Gasteiger partial charge in [0.2, 0.25) is 5.91 Å². The lowest BCUT2D eigenvalue weighted by Gasteiger charge is -2.25. The monoisotopic (exact) mass is 153 g/mol. The highest BCUT2D eigenvalue weighted by Gasteiger charge is 2.17. The molecule has 0 radical (unpaired) electrons. The topological polar surface area (TPSA) is 29.1 Å². The molecule has 2 heteroatoms. The zero-order chi connectivity index (χ0) is 8.27. The van der Waals surface area contributed by atoms with E-state index in [2.05, 4.69) is 5.32 Å². The molecule has 11 heavy (non-hydrogen) atoms. The van der Waals surface area contributed by atoms with Crippen LogP contribution >= 0.6 is 0 Å². The molecular formula is C9H15NO. The van der Waals surface area contributed by atoms with Gasteiger partial charge >= 0.3 is 0 Å². The van der Waals surface area contributed by atoms with Gasteiger partial charge in [0.05, 0.1) is 0 Å². The minimum atomic E-state index is 0.0645. The summed E-state index contributed by atoms with van der Waals surface area (Å²) in [5, 5.41) is 2.93. The summed E-state index contributed by atoms with van der Waals surface area (Å²) in [5.41, 5.74) is 1.06. The first-order valence-electron chi connectivity index (χ1n) is 4.14. The molecule has 1 N–H and O–H groups in total. The minimum Gasteiger partial charge on any atom is -0.350 e. The van der Waals surface area contributed by atoms with Gasteiger partial charge in [0.15, 0.2) is 0 Å². The lowest BCUT2D eigenvalue weighted by atomic mass is 9.93. The first kappa shape index (κ1) is 8.31. The Morgan fingerprint density at radius 1 is 1.45 bits per heavy atom. The van der Waals surface area contributed by atoms with Crippen LogP contribution in [0.2, 0.25) is 0 Å². The molecule has 0 saturated heterocycles. The van der Waals surface area contributed by atoms with Gasteiger partial charge in [0.1, 0.15) is 0 Å². The molecule has 0 aromatic heterocycles. The van der Waals surface area contributed by atoms with Crippen molar-refractivity contribution < 1.29 is 4.79 Å². The van der Waals surface area contributed by atoms with E-state index in [4.69, 9.17) is 0 Å². The summed E-state index contributed by atoms with van der Waals surface area (Å²) in [6.07, 6.45) is 5.22. The second-order valence-corrected chi connectivity index (χ2v) is 3.36. The third-order valence-electron chi connectivity index (χ3n) is 1.87. The minimum absolute atomic E-state index is 0.0645. The standard InChI is InChI=1S/C9H15NO/c1-7(2)6-9(11)10-8-4-3-5-8/h6,8H,3-5H2,1-2H3,(H,10,11). The Hall–Kier alpha value is -0.790. The van der Waals surface area contributed by atoms with Crippen molar-refractivity contribution in [3.63, 3.8) is 0 Å². The third-order valence-corrected chi connectivity index (χ3v) is 1.87. The van der Waals surface area contributed by atoms with Crippen LogP contribution in [0.4, 0.5) is 0 Å². The molecule has 1 aliphatic carbocycles. The van der Waals surface area contributed by atoms with Crippen LogP contribution in [0, 0.1) is 0 Å². The van der Waals surface area contributed by atoms with E-state index in [1.165, 1.54) is 6.42 Å². The fourth-order valence-corrected chi connectivity index (χ4v) is 1.06. The molecule has 1 saturated carbocycles. The van der Waals surface area contributed by atoms with Gasteiger partial charge < -0.3 is 5.32 Å². The molecule has 0 aromatic carbocycles. The Kier molecular flexibility index (Phi) is 2.69. The van der Waals surface area contributed by atoms with Crippen molar-refractivity contribution >= 4 is 5.91 Å². The van der Waals surface area contributed by atoms with Crippen molar-refractivity contribution in [2.75, 3.05) is 0 Å². The van der Waals surface area contributed by atoms with Crippen LogP contribution in [0.15, 0.2) is 11.6 Å². The zero-order valence-electron chi connectivity index (χ0n) is 7.18. The number of amides is 1. The average molecular weight is 153 g/mol. The van der Waals surface area contributed by atoms with Crippen LogP contribution in [-0.2, 0) is 4.79 Å². The smallest absolute Gasteiger partial charge is 0.244 e. The molecule has 0 aromatic rings. The maximum absolute atomic E-state index is 11.1. The van der Waals surface area contributed by atoms with E-state index in [-0.39, 0.29) is 5.91 Å². The average Bonchev–Trinajstić information content (AvgIpc) is 1.77. The van der Waals surface area contributed by atoms with E-state index in [1.807, 2.05) is 13.8 Å². The summed E-state index contributed by atoms with van der Waals surface area (Å²) in [4.78, 5) is 11.1. The fraction of sp³-hybridized carbons (Fsp3) is 0.667. The number of hydrogen-bond acceptors (Lipinski definition) is 1. The number of rotatable bonds is 2. The molecule has 0 bridgehead atoms. The molecule has 0 spiro atoms. The number of carbonyl (C=O) groups excluding carboxylic acids is 1. The summed E-state index contributed by atoms with van der Waals surface area (Å²) in [5.74, 6) is 0.0645. The van der Waals surface area contributed by atoms with Crippen molar-refractivity contribution in [2.45, 2.75) is 39.2 Å². The summed E-state index contributed by atoms with van der Waals surface area (Å²) in [6, 6.07) is 0.457. The van der Waals surface area contributed by atoms with Crippen LogP contribution in [0.3, 0.4) is 0 Å². The lowest BCUT2D eigenvalue weighted by Crippen LogP contribution is -2.38. The first-order chi connectivity index (χ1) is 5.18. The second-order valence-electron chi connectivity index (χ2n) is 3.36. The van der Waals surface area contributed by atoms with E-state index < -0.39 is 0 Å². The summed E-state index contributed by atoms with van der Waals surface area (Å²) in [7, 11) is 0. The van der Waals surface area contributed by atoms with Gasteiger partial charge in [-0.1, -0.05) is 5.57 Å². The Morgan fingerprint density at radius 2 is 2.09 bits per heavy atom. The lowest BCUT2D eigenvalue weighted by molar-refractivity contribution is -0.117. The van der Waals surface area contributed by atoms with Crippen LogP contribution < -0.4 is 5.32 Å². The Balaban J connectivity index is 2.25. The molecule has 0 atom stereocenters. The molecule has 0 aliphatic heterocycles. The zero-order valence-corrected chi connectivity index (χ0v) is 7.18. The molecule has 2 nitrogen and oxygen atoms in total. The first-order valence-corrected chi connectivity index (χ1v) is 4.14. The molecule has 1 aliphatic rings. The van der Waals surface area contributed by atoms with Crippen molar-refractivity contribution in [1.29, 1.82) is 0 Å². The maximum Gasteiger partial charge on any atom is 0.244 e. The predicted octanol–water partition coefficient (Wildman–Crippen LogP) is 1.62. The molecule has 1 rings (SSSR count). The highest BCUT2D eigenvalue weighted by molar-refractivity contribution is 5.88. The van der Waals surface area contributed by atoms with Gasteiger partial charge in [-0.3, -0.25) is 4.79 Å². The van der Waals surface area contributed by atoms with E-state index in [9.17, 15) is 4.79 Å². The van der Waals surface area contributed by atoms with E-state index in [0.717, 1.165) is 18.4 Å². The highest BCUT2D eigenvalue weighted by atomic mass is 16.1. The molecular weight excluding hydrogens is 138 g/mol. The fourth-order valence-electron chi connectivity index (χ4n) is 1.06. The second kappa shape index (κ2) is 3.56. The van der Waals surface area contributed by atoms with Crippen molar-refractivity contribution in [2.24, 2.45) is 0 Å². The molecule has 0 heterocycles. The summed E-state index contributed by atoms with van der Waals surface area (Å²) >= 11 is 0. The number of allylic oxidation sites excluding steroid dienone is 1. The van der Waals surface area contributed by atoms with E-state index in [1.54, 1.807) is 6.08 Å². The van der Waals surface area contributed by atoms with Crippen molar-refractivity contribution in [3.8, 4) is 0 Å². The van der Waals surface area contributed by atoms with Crippen LogP contribution in [0.5, 0.6) is 0 Å². The number of nitrogens with one attached hydrogen (secondary N) is 1. The summed E-state index contributed by atoms with van der Waals surface area (Å²) in [6.45, 7) is 3.86. The Labute approximate surface area is 67.7 Å². The SMILES string of the molecule is CC(C)=CC(=O)NC1CCC1. The van der Waals surface area contributed by atoms with Crippen LogP contribution in [-0.4, -0.2) is 11.9 Å². The number of hydrogen-bond donors (Lipinski definition) is 1. The maximum atomic E-state index is 11.1. The van der Waals surface area contributed by atoms with Gasteiger partial charge in [0.25, 0.3) is 0 Å². The predicted molar refractivity (Wildman–Crippen MR) is 45.2 cm³/mol. The van der Waals surface area contributed by atoms with Crippen molar-refractivity contribution in [3.05, 3.63) is 11.6 Å². The van der Waals surface area contributed by atoms with E-state index in [0.29, 0.717) is 6.04 Å².